The first-order valence-corrected chi connectivity index (χ1v) is 6.77. The van der Waals surface area contributed by atoms with Crippen LogP contribution in [0.5, 0.6) is 0 Å². The minimum Gasteiger partial charge on any atom is -0.310 e. The molecule has 96 valence electrons. The summed E-state index contributed by atoms with van der Waals surface area (Å²) in [5.74, 6) is 0.668. The Labute approximate surface area is 106 Å². The van der Waals surface area contributed by atoms with Gasteiger partial charge in [-0.25, -0.2) is 0 Å². The molecule has 2 unspecified atom stereocenters. The van der Waals surface area contributed by atoms with Crippen LogP contribution in [0.1, 0.15) is 56.6 Å². The summed E-state index contributed by atoms with van der Waals surface area (Å²) in [6.45, 7) is 11.9. The molecule has 2 atom stereocenters. The van der Waals surface area contributed by atoms with Crippen molar-refractivity contribution in [1.29, 1.82) is 0 Å². The van der Waals surface area contributed by atoms with E-state index in [1.54, 1.807) is 0 Å². The number of nitrogens with one attached hydrogen (secondary N) is 1. The molecule has 0 saturated carbocycles. The highest BCUT2D eigenvalue weighted by atomic mass is 14.9. The van der Waals surface area contributed by atoms with Crippen LogP contribution in [0.15, 0.2) is 12.1 Å². The van der Waals surface area contributed by atoms with E-state index in [2.05, 4.69) is 57.1 Å². The summed E-state index contributed by atoms with van der Waals surface area (Å²) in [6.07, 6.45) is 2.50. The first-order valence-electron chi connectivity index (χ1n) is 6.77. The van der Waals surface area contributed by atoms with Gasteiger partial charge in [0.25, 0.3) is 0 Å². The van der Waals surface area contributed by atoms with Gasteiger partial charge in [0.1, 0.15) is 0 Å². The molecule has 0 saturated heterocycles. The van der Waals surface area contributed by atoms with Crippen LogP contribution in [0.4, 0.5) is 0 Å². The Morgan fingerprint density at radius 3 is 2.24 bits per heavy atom. The van der Waals surface area contributed by atoms with Crippen LogP contribution in [0.2, 0.25) is 0 Å². The van der Waals surface area contributed by atoms with Crippen LogP contribution in [0.25, 0.3) is 0 Å². The Morgan fingerprint density at radius 1 is 1.18 bits per heavy atom. The molecule has 1 rings (SSSR count). The fourth-order valence-corrected chi connectivity index (χ4v) is 2.54. The molecular formula is C15H26N2. The lowest BCUT2D eigenvalue weighted by molar-refractivity contribution is 0.368. The van der Waals surface area contributed by atoms with E-state index < -0.39 is 0 Å². The van der Waals surface area contributed by atoms with Crippen molar-refractivity contribution in [2.75, 3.05) is 6.54 Å². The molecule has 2 nitrogen and oxygen atoms in total. The van der Waals surface area contributed by atoms with Gasteiger partial charge in [-0.05, 0) is 50.4 Å². The summed E-state index contributed by atoms with van der Waals surface area (Å²) in [5.41, 5.74) is 3.62. The van der Waals surface area contributed by atoms with Crippen LogP contribution >= 0.6 is 0 Å². The average molecular weight is 234 g/mol. The summed E-state index contributed by atoms with van der Waals surface area (Å²) in [5, 5.41) is 3.61. The number of hydrogen-bond acceptors (Lipinski definition) is 2. The van der Waals surface area contributed by atoms with Crippen molar-refractivity contribution in [3.8, 4) is 0 Å². The minimum absolute atomic E-state index is 0.459. The molecular weight excluding hydrogens is 208 g/mol. The van der Waals surface area contributed by atoms with E-state index in [-0.39, 0.29) is 0 Å². The largest absolute Gasteiger partial charge is 0.310 e. The summed E-state index contributed by atoms with van der Waals surface area (Å²) < 4.78 is 0. The maximum Gasteiger partial charge on any atom is 0.0379 e. The molecule has 1 aromatic rings. The molecule has 0 aliphatic heterocycles. The van der Waals surface area contributed by atoms with E-state index in [1.165, 1.54) is 18.4 Å². The average Bonchev–Trinajstić information content (AvgIpc) is 2.24. The van der Waals surface area contributed by atoms with Crippen molar-refractivity contribution in [2.45, 2.75) is 53.5 Å². The molecule has 0 bridgehead atoms. The van der Waals surface area contributed by atoms with Gasteiger partial charge in [-0.1, -0.05) is 27.2 Å². The summed E-state index contributed by atoms with van der Waals surface area (Å²) in [6, 6.07) is 4.89. The van der Waals surface area contributed by atoms with Gasteiger partial charge in [-0.15, -0.1) is 0 Å². The Balaban J connectivity index is 2.95. The highest BCUT2D eigenvalue weighted by Gasteiger charge is 2.18. The normalized spacial score (nSPS) is 14.6. The van der Waals surface area contributed by atoms with Gasteiger partial charge in [0.15, 0.2) is 0 Å². The summed E-state index contributed by atoms with van der Waals surface area (Å²) in [4.78, 5) is 4.45. The van der Waals surface area contributed by atoms with Gasteiger partial charge in [0.2, 0.25) is 0 Å². The second-order valence-corrected chi connectivity index (χ2v) is 4.98. The van der Waals surface area contributed by atoms with E-state index in [1.807, 2.05) is 0 Å². The fourth-order valence-electron chi connectivity index (χ4n) is 2.54. The quantitative estimate of drug-likeness (QED) is 0.810. The van der Waals surface area contributed by atoms with Crippen molar-refractivity contribution in [3.05, 3.63) is 29.1 Å². The lowest BCUT2D eigenvalue weighted by atomic mass is 9.90. The maximum atomic E-state index is 4.45. The number of aromatic nitrogens is 1. The molecule has 0 aromatic carbocycles. The topological polar surface area (TPSA) is 24.9 Å². The number of aryl methyl sites for hydroxylation is 2. The van der Waals surface area contributed by atoms with E-state index >= 15 is 0 Å². The lowest BCUT2D eigenvalue weighted by Crippen LogP contribution is -2.27. The molecule has 0 spiro atoms. The van der Waals surface area contributed by atoms with Crippen LogP contribution in [-0.4, -0.2) is 11.5 Å². The van der Waals surface area contributed by atoms with Gasteiger partial charge in [-0.3, -0.25) is 4.98 Å². The fraction of sp³-hybridized carbons (Fsp3) is 0.667. The van der Waals surface area contributed by atoms with Crippen LogP contribution in [-0.2, 0) is 0 Å². The standard InChI is InChI=1S/C15H26N2/c1-6-8-11(3)15(16-7-2)14-9-12(4)17-13(5)10-14/h9-11,15-16H,6-8H2,1-5H3. The second-order valence-electron chi connectivity index (χ2n) is 4.98. The van der Waals surface area contributed by atoms with Gasteiger partial charge in [0.05, 0.1) is 0 Å². The van der Waals surface area contributed by atoms with E-state index in [0.717, 1.165) is 17.9 Å². The van der Waals surface area contributed by atoms with E-state index in [0.29, 0.717) is 12.0 Å². The van der Waals surface area contributed by atoms with Gasteiger partial charge in [-0.2, -0.15) is 0 Å². The van der Waals surface area contributed by atoms with Crippen molar-refractivity contribution < 1.29 is 0 Å². The van der Waals surface area contributed by atoms with Crippen molar-refractivity contribution in [3.63, 3.8) is 0 Å². The number of pyridine rings is 1. The third-order valence-electron chi connectivity index (χ3n) is 3.20. The van der Waals surface area contributed by atoms with Gasteiger partial charge < -0.3 is 5.32 Å². The van der Waals surface area contributed by atoms with Crippen LogP contribution < -0.4 is 5.32 Å². The monoisotopic (exact) mass is 234 g/mol. The predicted octanol–water partition coefficient (Wildman–Crippen LogP) is 3.79. The molecule has 0 fully saturated rings. The predicted molar refractivity (Wildman–Crippen MR) is 74.2 cm³/mol. The highest BCUT2D eigenvalue weighted by molar-refractivity contribution is 5.24. The third-order valence-corrected chi connectivity index (χ3v) is 3.20. The molecule has 1 N–H and O–H groups in total. The maximum absolute atomic E-state index is 4.45. The van der Waals surface area contributed by atoms with Crippen molar-refractivity contribution in [1.82, 2.24) is 10.3 Å². The zero-order valence-electron chi connectivity index (χ0n) is 11.9. The molecule has 0 aliphatic carbocycles. The van der Waals surface area contributed by atoms with Gasteiger partial charge in [0, 0.05) is 17.4 Å². The molecule has 17 heavy (non-hydrogen) atoms. The lowest BCUT2D eigenvalue weighted by Gasteiger charge is -2.25. The SMILES string of the molecule is CCCC(C)C(NCC)c1cc(C)nc(C)c1. The van der Waals surface area contributed by atoms with E-state index in [4.69, 9.17) is 0 Å². The molecule has 0 aliphatic rings. The second kappa shape index (κ2) is 6.75. The molecule has 1 aromatic heterocycles. The molecule has 0 amide bonds. The minimum atomic E-state index is 0.459. The number of hydrogen-bond donors (Lipinski definition) is 1. The summed E-state index contributed by atoms with van der Waals surface area (Å²) in [7, 11) is 0. The van der Waals surface area contributed by atoms with Crippen LogP contribution in [0.3, 0.4) is 0 Å². The Hall–Kier alpha value is -0.890. The number of rotatable bonds is 6. The smallest absolute Gasteiger partial charge is 0.0379 e. The van der Waals surface area contributed by atoms with Crippen molar-refractivity contribution in [2.24, 2.45) is 5.92 Å². The third kappa shape index (κ3) is 4.12. The molecule has 1 heterocycles. The van der Waals surface area contributed by atoms with E-state index in [9.17, 15) is 0 Å². The van der Waals surface area contributed by atoms with Crippen LogP contribution in [0, 0.1) is 19.8 Å². The molecule has 0 radical (unpaired) electrons. The zero-order chi connectivity index (χ0) is 12.8. The van der Waals surface area contributed by atoms with Crippen molar-refractivity contribution >= 4 is 0 Å². The van der Waals surface area contributed by atoms with Gasteiger partial charge >= 0.3 is 0 Å². The Bertz CT molecular complexity index is 327. The number of nitrogens with zero attached hydrogens (tertiary/aromatic N) is 1. The highest BCUT2D eigenvalue weighted by Crippen LogP contribution is 2.26. The Morgan fingerprint density at radius 2 is 1.76 bits per heavy atom. The summed E-state index contributed by atoms with van der Waals surface area (Å²) >= 11 is 0. The Kier molecular flexibility index (Phi) is 5.63. The first-order chi connectivity index (χ1) is 8.08. The zero-order valence-corrected chi connectivity index (χ0v) is 11.9. The first kappa shape index (κ1) is 14.2. The molecule has 2 heteroatoms.